The van der Waals surface area contributed by atoms with E-state index in [0.29, 0.717) is 17.4 Å². The summed E-state index contributed by atoms with van der Waals surface area (Å²) in [6.45, 7) is 4.76. The lowest BCUT2D eigenvalue weighted by atomic mass is 10.0. The van der Waals surface area contributed by atoms with Crippen molar-refractivity contribution in [1.82, 2.24) is 0 Å². The van der Waals surface area contributed by atoms with Crippen LogP contribution in [0, 0.1) is 0 Å². The van der Waals surface area contributed by atoms with Gasteiger partial charge in [0.25, 0.3) is 6.29 Å². The van der Waals surface area contributed by atoms with Crippen molar-refractivity contribution in [3.63, 3.8) is 0 Å². The van der Waals surface area contributed by atoms with E-state index < -0.39 is 24.3 Å². The van der Waals surface area contributed by atoms with Crippen molar-refractivity contribution in [2.75, 3.05) is 47.5 Å². The van der Waals surface area contributed by atoms with Gasteiger partial charge >= 0.3 is 17.9 Å². The number of rotatable bonds is 47. The maximum absolute atomic E-state index is 12.8. The molecule has 0 fully saturated rings. The van der Waals surface area contributed by atoms with Crippen LogP contribution in [0.3, 0.4) is 0 Å². The van der Waals surface area contributed by atoms with Crippen molar-refractivity contribution in [3.05, 3.63) is 60.8 Å². The average molecular weight is 901 g/mol. The molecule has 0 spiro atoms. The fourth-order valence-electron chi connectivity index (χ4n) is 7.04. The third kappa shape index (κ3) is 47.0. The smallest absolute Gasteiger partial charge is 0.361 e. The molecule has 0 aromatic carbocycles. The zero-order valence-electron chi connectivity index (χ0n) is 41.9. The van der Waals surface area contributed by atoms with Gasteiger partial charge in [-0.15, -0.1) is 0 Å². The molecule has 0 radical (unpaired) electrons. The maximum Gasteiger partial charge on any atom is 0.361 e. The molecular weight excluding hydrogens is 803 g/mol. The Morgan fingerprint density at radius 1 is 0.484 bits per heavy atom. The lowest BCUT2D eigenvalue weighted by molar-refractivity contribution is -0.870. The van der Waals surface area contributed by atoms with Crippen molar-refractivity contribution < 1.29 is 42.9 Å². The summed E-state index contributed by atoms with van der Waals surface area (Å²) in [5.41, 5.74) is 0. The van der Waals surface area contributed by atoms with Crippen LogP contribution in [0.2, 0.25) is 0 Å². The number of allylic oxidation sites excluding steroid dienone is 10. The van der Waals surface area contributed by atoms with Crippen LogP contribution in [-0.4, -0.2) is 87.4 Å². The molecule has 0 aliphatic rings. The van der Waals surface area contributed by atoms with Gasteiger partial charge in [0.15, 0.2) is 6.10 Å². The summed E-state index contributed by atoms with van der Waals surface area (Å²) in [5, 5.41) is 9.66. The monoisotopic (exact) mass is 901 g/mol. The number of quaternary nitrogens is 1. The summed E-state index contributed by atoms with van der Waals surface area (Å²) < 4.78 is 22.8. The third-order valence-corrected chi connectivity index (χ3v) is 11.0. The predicted octanol–water partition coefficient (Wildman–Crippen LogP) is 14.5. The number of likely N-dealkylation sites (N-methyl/N-ethyl adjacent to an activating group) is 1. The van der Waals surface area contributed by atoms with Crippen LogP contribution in [0.15, 0.2) is 60.8 Å². The molecule has 370 valence electrons. The maximum atomic E-state index is 12.8. The first-order valence-electron chi connectivity index (χ1n) is 26.0. The number of esters is 2. The zero-order valence-corrected chi connectivity index (χ0v) is 41.9. The molecule has 0 aliphatic carbocycles. The molecule has 0 aromatic rings. The summed E-state index contributed by atoms with van der Waals surface area (Å²) in [4.78, 5) is 37.2. The van der Waals surface area contributed by atoms with Gasteiger partial charge in [-0.05, 0) is 57.8 Å². The second-order valence-corrected chi connectivity index (χ2v) is 18.5. The summed E-state index contributed by atoms with van der Waals surface area (Å²) >= 11 is 0. The van der Waals surface area contributed by atoms with Crippen LogP contribution in [-0.2, 0) is 33.3 Å². The number of carbonyl (C=O) groups excluding carboxylic acids is 2. The summed E-state index contributed by atoms with van der Waals surface area (Å²) in [6, 6.07) is 0. The Labute approximate surface area is 393 Å². The van der Waals surface area contributed by atoms with Crippen molar-refractivity contribution in [1.29, 1.82) is 0 Å². The Kier molecular flexibility index (Phi) is 44.3. The van der Waals surface area contributed by atoms with Crippen LogP contribution in [0.5, 0.6) is 0 Å². The Bertz CT molecular complexity index is 1230. The Hall–Kier alpha value is -3.01. The summed E-state index contributed by atoms with van der Waals surface area (Å²) in [7, 11) is 5.96. The summed E-state index contributed by atoms with van der Waals surface area (Å²) in [6.07, 6.45) is 54.3. The largest absolute Gasteiger partial charge is 0.477 e. The van der Waals surface area contributed by atoms with E-state index in [1.807, 2.05) is 21.1 Å². The highest BCUT2D eigenvalue weighted by Crippen LogP contribution is 2.15. The van der Waals surface area contributed by atoms with Crippen molar-refractivity contribution >= 4 is 17.9 Å². The predicted molar refractivity (Wildman–Crippen MR) is 267 cm³/mol. The van der Waals surface area contributed by atoms with E-state index in [2.05, 4.69) is 74.6 Å². The number of hydrogen-bond donors (Lipinski definition) is 1. The molecule has 0 heterocycles. The number of aliphatic carboxylic acids is 1. The molecule has 64 heavy (non-hydrogen) atoms. The number of nitrogens with zero attached hydrogens (tertiary/aromatic N) is 1. The minimum atomic E-state index is -1.51. The van der Waals surface area contributed by atoms with E-state index in [4.69, 9.17) is 18.9 Å². The first-order chi connectivity index (χ1) is 31.1. The standard InChI is InChI=1S/C55H97NO8/c1-6-8-10-12-14-16-18-20-21-22-23-24-25-26-27-28-29-30-31-32-33-34-36-38-40-42-44-46-53(58)64-51(50-63-55(54(59)60)61-48-47-56(3,4)5)49-62-52(57)45-43-41-39-37-35-19-17-15-13-11-9-7-2/h8,10,14,16,20-21,23-24,26-27,51,55H,6-7,9,11-13,15,17-19,22,25,28-50H2,1-5H3/p+1/b10-8-,16-14-,21-20-,24-23-,27-26-. The molecule has 0 aliphatic heterocycles. The van der Waals surface area contributed by atoms with Gasteiger partial charge < -0.3 is 28.5 Å². The van der Waals surface area contributed by atoms with Crippen LogP contribution in [0.25, 0.3) is 0 Å². The number of ether oxygens (including phenoxy) is 4. The van der Waals surface area contributed by atoms with Gasteiger partial charge in [0.1, 0.15) is 13.2 Å². The second kappa shape index (κ2) is 46.5. The molecule has 1 N–H and O–H groups in total. The van der Waals surface area contributed by atoms with Gasteiger partial charge in [0.05, 0.1) is 34.4 Å². The molecule has 0 saturated carbocycles. The van der Waals surface area contributed by atoms with E-state index in [-0.39, 0.29) is 32.2 Å². The highest BCUT2D eigenvalue weighted by atomic mass is 16.7. The Balaban J connectivity index is 4.25. The molecule has 2 atom stereocenters. The number of carboxylic acid groups (broad SMARTS) is 1. The fourth-order valence-corrected chi connectivity index (χ4v) is 7.04. The molecule has 0 bridgehead atoms. The normalized spacial score (nSPS) is 13.3. The van der Waals surface area contributed by atoms with Gasteiger partial charge in [-0.25, -0.2) is 4.79 Å². The molecule has 0 saturated heterocycles. The van der Waals surface area contributed by atoms with Crippen molar-refractivity contribution in [2.45, 2.75) is 225 Å². The van der Waals surface area contributed by atoms with Gasteiger partial charge in [0.2, 0.25) is 0 Å². The van der Waals surface area contributed by atoms with Gasteiger partial charge in [-0.2, -0.15) is 0 Å². The number of hydrogen-bond acceptors (Lipinski definition) is 7. The molecule has 0 amide bonds. The molecular formula is C55H98NO8+. The molecule has 0 rings (SSSR count). The average Bonchev–Trinajstić information content (AvgIpc) is 3.26. The fraction of sp³-hybridized carbons (Fsp3) is 0.764. The number of unbranched alkanes of at least 4 members (excludes halogenated alkanes) is 22. The summed E-state index contributed by atoms with van der Waals surface area (Å²) in [5.74, 6) is -2.01. The van der Waals surface area contributed by atoms with E-state index in [1.54, 1.807) is 0 Å². The molecule has 9 heteroatoms. The third-order valence-electron chi connectivity index (χ3n) is 11.0. The van der Waals surface area contributed by atoms with E-state index in [0.717, 1.165) is 77.0 Å². The zero-order chi connectivity index (χ0) is 47.0. The number of carbonyl (C=O) groups is 3. The molecule has 0 aromatic heterocycles. The van der Waals surface area contributed by atoms with Gasteiger partial charge in [-0.1, -0.05) is 203 Å². The highest BCUT2D eigenvalue weighted by Gasteiger charge is 2.25. The first kappa shape index (κ1) is 61.0. The van der Waals surface area contributed by atoms with Crippen molar-refractivity contribution in [2.24, 2.45) is 0 Å². The van der Waals surface area contributed by atoms with Crippen molar-refractivity contribution in [3.8, 4) is 0 Å². The SMILES string of the molecule is CC/C=C\C/C=C\C/C=C\C/C=C\C/C=C\CCCCCCCCCCCCCC(=O)OC(COC(=O)CCCCCCCCCCCCCC)COC(OCC[N+](C)(C)C)C(=O)O. The Morgan fingerprint density at radius 3 is 1.33 bits per heavy atom. The minimum Gasteiger partial charge on any atom is -0.477 e. The topological polar surface area (TPSA) is 108 Å². The molecule has 9 nitrogen and oxygen atoms in total. The van der Waals surface area contributed by atoms with Gasteiger partial charge in [-0.3, -0.25) is 9.59 Å². The van der Waals surface area contributed by atoms with E-state index >= 15 is 0 Å². The van der Waals surface area contributed by atoms with Crippen LogP contribution >= 0.6 is 0 Å². The highest BCUT2D eigenvalue weighted by molar-refractivity contribution is 5.71. The Morgan fingerprint density at radius 2 is 0.891 bits per heavy atom. The quantitative estimate of drug-likeness (QED) is 0.0211. The molecule has 2 unspecified atom stereocenters. The van der Waals surface area contributed by atoms with Crippen LogP contribution < -0.4 is 0 Å². The van der Waals surface area contributed by atoms with Crippen LogP contribution in [0.1, 0.15) is 213 Å². The second-order valence-electron chi connectivity index (χ2n) is 18.5. The first-order valence-corrected chi connectivity index (χ1v) is 26.0. The minimum absolute atomic E-state index is 0.182. The lowest BCUT2D eigenvalue weighted by Crippen LogP contribution is -2.40. The van der Waals surface area contributed by atoms with E-state index in [1.165, 1.54) is 109 Å². The van der Waals surface area contributed by atoms with E-state index in [9.17, 15) is 19.5 Å². The van der Waals surface area contributed by atoms with Crippen LogP contribution in [0.4, 0.5) is 0 Å². The van der Waals surface area contributed by atoms with Gasteiger partial charge in [0, 0.05) is 12.8 Å². The lowest BCUT2D eigenvalue weighted by Gasteiger charge is -2.25. The number of carboxylic acids is 1.